The van der Waals surface area contributed by atoms with Crippen LogP contribution in [0.2, 0.25) is 0 Å². The number of carboxylic acids is 1. The van der Waals surface area contributed by atoms with E-state index in [-0.39, 0.29) is 30.3 Å². The molecule has 33 heavy (non-hydrogen) atoms. The van der Waals surface area contributed by atoms with Crippen molar-refractivity contribution in [2.45, 2.75) is 30.7 Å². The van der Waals surface area contributed by atoms with Gasteiger partial charge in [-0.25, -0.2) is 13.6 Å². The summed E-state index contributed by atoms with van der Waals surface area (Å²) < 4.78 is 32.9. The number of nitrogen functional groups attached to an aromatic ring is 1. The van der Waals surface area contributed by atoms with E-state index >= 15 is 8.78 Å². The first-order valence-corrected chi connectivity index (χ1v) is 10.7. The lowest BCUT2D eigenvalue weighted by Crippen LogP contribution is -2.39. The molecule has 0 bridgehead atoms. The quantitative estimate of drug-likeness (QED) is 0.504. The molecule has 1 unspecified atom stereocenters. The maximum Gasteiger partial charge on any atom is 0.341 e. The Hall–Kier alpha value is -3.53. The highest BCUT2D eigenvalue weighted by atomic mass is 19.1. The van der Waals surface area contributed by atoms with Gasteiger partial charge >= 0.3 is 5.97 Å². The standard InChI is InChI=1S/C23H23F2N5O3/c24-16-18(27)15-19(30(12-4-5-12)9-13(21(15)31)22(32)33)17(25)20(16)29-8-6-23(10-26,11-29)14-3-1-2-7-28-14/h1-3,7,9,12H,4-6,8,10-11,26-27H2,(H,32,33). The Bertz CT molecular complexity index is 1340. The summed E-state index contributed by atoms with van der Waals surface area (Å²) in [5.74, 6) is -3.47. The van der Waals surface area contributed by atoms with Gasteiger partial charge in [-0.3, -0.25) is 9.78 Å². The van der Waals surface area contributed by atoms with Gasteiger partial charge in [-0.15, -0.1) is 0 Å². The number of aromatic nitrogens is 2. The summed E-state index contributed by atoms with van der Waals surface area (Å²) in [4.78, 5) is 30.4. The van der Waals surface area contributed by atoms with Crippen LogP contribution in [0, 0.1) is 11.6 Å². The fourth-order valence-corrected chi connectivity index (χ4v) is 4.84. The number of nitrogens with two attached hydrogens (primary N) is 2. The molecule has 0 spiro atoms. The number of carboxylic acid groups (broad SMARTS) is 1. The number of aromatic carboxylic acids is 1. The van der Waals surface area contributed by atoms with Crippen LogP contribution in [0.4, 0.5) is 20.2 Å². The van der Waals surface area contributed by atoms with E-state index in [1.165, 1.54) is 4.57 Å². The first-order chi connectivity index (χ1) is 15.8. The molecule has 1 saturated heterocycles. The lowest BCUT2D eigenvalue weighted by atomic mass is 9.83. The van der Waals surface area contributed by atoms with Crippen LogP contribution < -0.4 is 21.8 Å². The molecule has 0 radical (unpaired) electrons. The molecule has 1 aliphatic heterocycles. The van der Waals surface area contributed by atoms with Crippen LogP contribution in [0.5, 0.6) is 0 Å². The number of pyridine rings is 2. The average molecular weight is 455 g/mol. The van der Waals surface area contributed by atoms with Crippen molar-refractivity contribution in [2.24, 2.45) is 5.73 Å². The Labute approximate surface area is 187 Å². The molecule has 8 nitrogen and oxygen atoms in total. The zero-order valence-corrected chi connectivity index (χ0v) is 17.7. The van der Waals surface area contributed by atoms with Gasteiger partial charge in [0.25, 0.3) is 0 Å². The highest BCUT2D eigenvalue weighted by molar-refractivity contribution is 5.99. The molecule has 2 fully saturated rings. The van der Waals surface area contributed by atoms with E-state index < -0.39 is 45.1 Å². The molecular formula is C23H23F2N5O3. The van der Waals surface area contributed by atoms with E-state index in [4.69, 9.17) is 11.5 Å². The van der Waals surface area contributed by atoms with Crippen molar-refractivity contribution in [2.75, 3.05) is 30.3 Å². The average Bonchev–Trinajstić information content (AvgIpc) is 3.57. The Morgan fingerprint density at radius 3 is 2.64 bits per heavy atom. The normalized spacial score (nSPS) is 20.5. The molecule has 2 aliphatic rings. The van der Waals surface area contributed by atoms with Gasteiger partial charge < -0.3 is 26.0 Å². The fourth-order valence-electron chi connectivity index (χ4n) is 4.84. The van der Waals surface area contributed by atoms with Gasteiger partial charge in [0.05, 0.1) is 16.6 Å². The van der Waals surface area contributed by atoms with Gasteiger partial charge in [-0.1, -0.05) is 6.07 Å². The number of anilines is 2. The van der Waals surface area contributed by atoms with E-state index in [0.717, 1.165) is 11.9 Å². The monoisotopic (exact) mass is 455 g/mol. The molecule has 1 aliphatic carbocycles. The van der Waals surface area contributed by atoms with Crippen LogP contribution >= 0.6 is 0 Å². The summed E-state index contributed by atoms with van der Waals surface area (Å²) in [5.41, 5.74) is 9.66. The molecule has 1 saturated carbocycles. The number of halogens is 2. The minimum Gasteiger partial charge on any atom is -0.477 e. The van der Waals surface area contributed by atoms with Crippen LogP contribution in [-0.2, 0) is 5.41 Å². The molecule has 3 aromatic rings. The molecule has 5 N–H and O–H groups in total. The predicted molar refractivity (Wildman–Crippen MR) is 120 cm³/mol. The van der Waals surface area contributed by atoms with E-state index in [1.54, 1.807) is 17.2 Å². The second-order valence-corrected chi connectivity index (χ2v) is 8.80. The number of hydrogen-bond donors (Lipinski definition) is 3. The summed E-state index contributed by atoms with van der Waals surface area (Å²) in [7, 11) is 0. The van der Waals surface area contributed by atoms with Crippen molar-refractivity contribution in [1.82, 2.24) is 9.55 Å². The molecule has 172 valence electrons. The van der Waals surface area contributed by atoms with Crippen LogP contribution in [0.1, 0.15) is 41.4 Å². The topological polar surface area (TPSA) is 127 Å². The zero-order chi connectivity index (χ0) is 23.5. The van der Waals surface area contributed by atoms with E-state index in [2.05, 4.69) is 4.98 Å². The van der Waals surface area contributed by atoms with E-state index in [9.17, 15) is 14.7 Å². The number of fused-ring (bicyclic) bond motifs is 1. The number of carbonyl (C=O) groups is 1. The molecule has 10 heteroatoms. The van der Waals surface area contributed by atoms with Gasteiger partial charge in [0.2, 0.25) is 5.43 Å². The SMILES string of the molecule is NCC1(c2ccccn2)CCN(c2c(F)c(N)c3c(=O)c(C(=O)O)cn(C4CC4)c3c2F)C1. The van der Waals surface area contributed by atoms with Crippen molar-refractivity contribution in [3.63, 3.8) is 0 Å². The van der Waals surface area contributed by atoms with Crippen LogP contribution in [0.3, 0.4) is 0 Å². The van der Waals surface area contributed by atoms with Crippen molar-refractivity contribution < 1.29 is 18.7 Å². The minimum absolute atomic E-state index is 0.163. The van der Waals surface area contributed by atoms with Crippen molar-refractivity contribution >= 4 is 28.2 Å². The molecule has 1 aromatic carbocycles. The summed E-state index contributed by atoms with van der Waals surface area (Å²) in [6.07, 6.45) is 4.71. The third kappa shape index (κ3) is 3.16. The number of hydrogen-bond acceptors (Lipinski definition) is 6. The largest absolute Gasteiger partial charge is 0.477 e. The Morgan fingerprint density at radius 1 is 1.27 bits per heavy atom. The number of rotatable bonds is 5. The maximum absolute atomic E-state index is 16.0. The van der Waals surface area contributed by atoms with E-state index in [1.807, 2.05) is 12.1 Å². The third-order valence-electron chi connectivity index (χ3n) is 6.80. The number of nitrogens with zero attached hydrogens (tertiary/aromatic N) is 3. The highest BCUT2D eigenvalue weighted by Crippen LogP contribution is 2.44. The first kappa shape index (κ1) is 21.3. The molecule has 1 atom stereocenters. The van der Waals surface area contributed by atoms with Crippen molar-refractivity contribution in [3.8, 4) is 0 Å². The molecule has 3 heterocycles. The molecule has 0 amide bonds. The lowest BCUT2D eigenvalue weighted by molar-refractivity contribution is 0.0695. The number of benzene rings is 1. The molecule has 2 aromatic heterocycles. The van der Waals surface area contributed by atoms with E-state index in [0.29, 0.717) is 25.8 Å². The van der Waals surface area contributed by atoms with Gasteiger partial charge in [0.1, 0.15) is 11.3 Å². The van der Waals surface area contributed by atoms with Crippen LogP contribution in [0.25, 0.3) is 10.9 Å². The van der Waals surface area contributed by atoms with Crippen molar-refractivity contribution in [3.05, 3.63) is 63.7 Å². The molecule has 5 rings (SSSR count). The molecular weight excluding hydrogens is 432 g/mol. The van der Waals surface area contributed by atoms with Gasteiger partial charge in [0.15, 0.2) is 11.6 Å². The van der Waals surface area contributed by atoms with Gasteiger partial charge in [-0.05, 0) is 31.4 Å². The first-order valence-electron chi connectivity index (χ1n) is 10.7. The highest BCUT2D eigenvalue weighted by Gasteiger charge is 2.42. The van der Waals surface area contributed by atoms with Crippen LogP contribution in [-0.4, -0.2) is 40.3 Å². The Kier molecular flexibility index (Phi) is 4.86. The summed E-state index contributed by atoms with van der Waals surface area (Å²) in [6.45, 7) is 0.773. The minimum atomic E-state index is -1.47. The Morgan fingerprint density at radius 2 is 2.03 bits per heavy atom. The second kappa shape index (κ2) is 7.51. The van der Waals surface area contributed by atoms with Gasteiger partial charge in [-0.2, -0.15) is 0 Å². The summed E-state index contributed by atoms with van der Waals surface area (Å²) in [6, 6.07) is 5.29. The second-order valence-electron chi connectivity index (χ2n) is 8.80. The Balaban J connectivity index is 1.71. The van der Waals surface area contributed by atoms with Crippen LogP contribution in [0.15, 0.2) is 35.4 Å². The lowest BCUT2D eigenvalue weighted by Gasteiger charge is -2.29. The third-order valence-corrected chi connectivity index (χ3v) is 6.80. The maximum atomic E-state index is 16.0. The summed E-state index contributed by atoms with van der Waals surface area (Å²) >= 11 is 0. The summed E-state index contributed by atoms with van der Waals surface area (Å²) in [5, 5.41) is 9.00. The van der Waals surface area contributed by atoms with Gasteiger partial charge in [0, 0.05) is 49.2 Å². The predicted octanol–water partition coefficient (Wildman–Crippen LogP) is 2.40. The smallest absolute Gasteiger partial charge is 0.341 e. The zero-order valence-electron chi connectivity index (χ0n) is 17.7. The van der Waals surface area contributed by atoms with Crippen molar-refractivity contribution in [1.29, 1.82) is 0 Å². The fraction of sp³-hybridized carbons (Fsp3) is 0.348.